The van der Waals surface area contributed by atoms with Crippen molar-refractivity contribution in [2.75, 3.05) is 13.1 Å². The zero-order chi connectivity index (χ0) is 20.0. The van der Waals surface area contributed by atoms with E-state index in [0.717, 1.165) is 44.2 Å². The topological polar surface area (TPSA) is 48.0 Å². The summed E-state index contributed by atoms with van der Waals surface area (Å²) in [5.41, 5.74) is 0.785. The van der Waals surface area contributed by atoms with Crippen LogP contribution in [0.4, 0.5) is 4.79 Å². The first kappa shape index (κ1) is 19.8. The number of hydrogen-bond acceptors (Lipinski definition) is 4. The van der Waals surface area contributed by atoms with Crippen molar-refractivity contribution < 1.29 is 18.8 Å². The number of carbonyl (C=O) groups is 1. The Morgan fingerprint density at radius 2 is 1.79 bits per heavy atom. The minimum Gasteiger partial charge on any atom is -0.445 e. The van der Waals surface area contributed by atoms with Crippen LogP contribution >= 0.6 is 0 Å². The van der Waals surface area contributed by atoms with E-state index in [2.05, 4.69) is 27.7 Å². The molecule has 3 fully saturated rings. The minimum atomic E-state index is -0.258. The quantitative estimate of drug-likeness (QED) is 0.716. The van der Waals surface area contributed by atoms with E-state index in [4.69, 9.17) is 14.0 Å². The molecule has 1 aromatic carbocycles. The second-order valence-electron chi connectivity index (χ2n) is 9.91. The Kier molecular flexibility index (Phi) is 4.99. The summed E-state index contributed by atoms with van der Waals surface area (Å²) >= 11 is 0. The normalized spacial score (nSPS) is 30.5. The van der Waals surface area contributed by atoms with Gasteiger partial charge in [0.05, 0.1) is 11.2 Å². The molecule has 28 heavy (non-hydrogen) atoms. The molecule has 0 aromatic heterocycles. The highest BCUT2D eigenvalue weighted by atomic mass is 16.7. The molecule has 0 bridgehead atoms. The lowest BCUT2D eigenvalue weighted by Crippen LogP contribution is -2.42. The van der Waals surface area contributed by atoms with Crippen molar-refractivity contribution in [3.8, 4) is 0 Å². The van der Waals surface area contributed by atoms with Crippen LogP contribution in [0.3, 0.4) is 0 Å². The van der Waals surface area contributed by atoms with Gasteiger partial charge in [0, 0.05) is 13.1 Å². The lowest BCUT2D eigenvalue weighted by atomic mass is 9.56. The van der Waals surface area contributed by atoms with Crippen LogP contribution in [0.15, 0.2) is 30.3 Å². The number of nitrogens with zero attached hydrogens (tertiary/aromatic N) is 1. The highest BCUT2D eigenvalue weighted by Gasteiger charge is 2.55. The Balaban J connectivity index is 1.22. The average molecular weight is 385 g/mol. The van der Waals surface area contributed by atoms with E-state index in [-0.39, 0.29) is 29.8 Å². The minimum absolute atomic E-state index is 0.110. The van der Waals surface area contributed by atoms with Crippen LogP contribution < -0.4 is 0 Å². The molecule has 1 saturated carbocycles. The van der Waals surface area contributed by atoms with Gasteiger partial charge in [-0.15, -0.1) is 0 Å². The van der Waals surface area contributed by atoms with Crippen molar-refractivity contribution in [1.29, 1.82) is 0 Å². The summed E-state index contributed by atoms with van der Waals surface area (Å²) in [7, 11) is -0.110. The monoisotopic (exact) mass is 385 g/mol. The molecule has 2 saturated heterocycles. The van der Waals surface area contributed by atoms with E-state index in [1.165, 1.54) is 0 Å². The lowest BCUT2D eigenvalue weighted by molar-refractivity contribution is 0.00578. The SMILES string of the molecule is CC1(C)OB(CC2CC3(CCN(C(=O)OCc4ccccc4)C3)C2)OC1(C)C. The molecular weight excluding hydrogens is 353 g/mol. The molecule has 0 N–H and O–H groups in total. The maximum atomic E-state index is 12.4. The fourth-order valence-corrected chi connectivity index (χ4v) is 4.90. The second kappa shape index (κ2) is 7.07. The third-order valence-corrected chi connectivity index (χ3v) is 7.17. The molecule has 1 aromatic rings. The Hall–Kier alpha value is -1.53. The van der Waals surface area contributed by atoms with Gasteiger partial charge in [0.2, 0.25) is 0 Å². The fourth-order valence-electron chi connectivity index (χ4n) is 4.90. The standard InChI is InChI=1S/C22H32BNO4/c1-20(2)21(3,4)28-23(27-20)14-18-12-22(13-18)10-11-24(16-22)19(25)26-15-17-8-6-5-7-9-17/h5-9,18H,10-16H2,1-4H3. The smallest absolute Gasteiger partial charge is 0.445 e. The first-order valence-corrected chi connectivity index (χ1v) is 10.5. The Bertz CT molecular complexity index is 699. The first-order chi connectivity index (χ1) is 13.2. The molecule has 0 radical (unpaired) electrons. The van der Waals surface area contributed by atoms with E-state index in [0.29, 0.717) is 12.5 Å². The number of ether oxygens (including phenoxy) is 1. The third kappa shape index (κ3) is 3.81. The highest BCUT2D eigenvalue weighted by molar-refractivity contribution is 6.45. The highest BCUT2D eigenvalue weighted by Crippen LogP contribution is 2.54. The molecular formula is C22H32BNO4. The number of rotatable bonds is 4. The van der Waals surface area contributed by atoms with Gasteiger partial charge in [0.15, 0.2) is 0 Å². The zero-order valence-corrected chi connectivity index (χ0v) is 17.6. The number of likely N-dealkylation sites (tertiary alicyclic amines) is 1. The molecule has 6 heteroatoms. The molecule has 0 unspecified atom stereocenters. The number of hydrogen-bond donors (Lipinski definition) is 0. The molecule has 1 amide bonds. The molecule has 0 atom stereocenters. The van der Waals surface area contributed by atoms with Crippen molar-refractivity contribution in [2.24, 2.45) is 11.3 Å². The molecule has 3 aliphatic rings. The summed E-state index contributed by atoms with van der Waals surface area (Å²) in [5, 5.41) is 0. The molecule has 5 nitrogen and oxygen atoms in total. The molecule has 1 spiro atoms. The van der Waals surface area contributed by atoms with Gasteiger partial charge >= 0.3 is 13.2 Å². The second-order valence-corrected chi connectivity index (χ2v) is 9.91. The van der Waals surface area contributed by atoms with Crippen LogP contribution in [-0.2, 0) is 20.7 Å². The predicted molar refractivity (Wildman–Crippen MR) is 109 cm³/mol. The predicted octanol–water partition coefficient (Wildman–Crippen LogP) is 4.52. The van der Waals surface area contributed by atoms with Crippen molar-refractivity contribution in [3.05, 3.63) is 35.9 Å². The summed E-state index contributed by atoms with van der Waals surface area (Å²) in [6, 6.07) is 9.84. The van der Waals surface area contributed by atoms with E-state index in [9.17, 15) is 4.79 Å². The van der Waals surface area contributed by atoms with Crippen molar-refractivity contribution in [1.82, 2.24) is 4.90 Å². The van der Waals surface area contributed by atoms with Gasteiger partial charge in [-0.25, -0.2) is 4.79 Å². The van der Waals surface area contributed by atoms with Gasteiger partial charge in [-0.3, -0.25) is 0 Å². The molecule has 2 heterocycles. The van der Waals surface area contributed by atoms with Gasteiger partial charge in [0.1, 0.15) is 6.61 Å². The largest absolute Gasteiger partial charge is 0.458 e. The summed E-state index contributed by atoms with van der Waals surface area (Å²) in [4.78, 5) is 14.3. The van der Waals surface area contributed by atoms with Crippen LogP contribution in [0.5, 0.6) is 0 Å². The molecule has 2 aliphatic heterocycles. The summed E-state index contributed by atoms with van der Waals surface area (Å²) < 4.78 is 17.8. The summed E-state index contributed by atoms with van der Waals surface area (Å²) in [6.45, 7) is 10.4. The van der Waals surface area contributed by atoms with E-state index >= 15 is 0 Å². The molecule has 4 rings (SSSR count). The third-order valence-electron chi connectivity index (χ3n) is 7.17. The van der Waals surface area contributed by atoms with E-state index in [1.54, 1.807) is 0 Å². The Morgan fingerprint density at radius 1 is 1.14 bits per heavy atom. The van der Waals surface area contributed by atoms with Gasteiger partial charge in [-0.2, -0.15) is 0 Å². The number of amides is 1. The first-order valence-electron chi connectivity index (χ1n) is 10.5. The van der Waals surface area contributed by atoms with Gasteiger partial charge < -0.3 is 18.9 Å². The zero-order valence-electron chi connectivity index (χ0n) is 17.6. The Morgan fingerprint density at radius 3 is 2.43 bits per heavy atom. The van der Waals surface area contributed by atoms with Crippen LogP contribution in [-0.4, -0.2) is 42.4 Å². The maximum absolute atomic E-state index is 12.4. The van der Waals surface area contributed by atoms with Crippen LogP contribution in [0.1, 0.15) is 52.5 Å². The van der Waals surface area contributed by atoms with Crippen LogP contribution in [0, 0.1) is 11.3 Å². The summed E-state index contributed by atoms with van der Waals surface area (Å²) in [5.74, 6) is 0.620. The lowest BCUT2D eigenvalue weighted by Gasteiger charge is -2.45. The van der Waals surface area contributed by atoms with Gasteiger partial charge in [-0.1, -0.05) is 30.3 Å². The van der Waals surface area contributed by atoms with Crippen LogP contribution in [0.25, 0.3) is 0 Å². The molecule has 1 aliphatic carbocycles. The number of benzene rings is 1. The van der Waals surface area contributed by atoms with Crippen molar-refractivity contribution >= 4 is 13.2 Å². The maximum Gasteiger partial charge on any atom is 0.458 e. The summed E-state index contributed by atoms with van der Waals surface area (Å²) in [6.07, 6.45) is 4.15. The number of carbonyl (C=O) groups excluding carboxylic acids is 1. The van der Waals surface area contributed by atoms with Gasteiger partial charge in [-0.05, 0) is 70.2 Å². The van der Waals surface area contributed by atoms with E-state index < -0.39 is 0 Å². The van der Waals surface area contributed by atoms with Crippen LogP contribution in [0.2, 0.25) is 6.32 Å². The van der Waals surface area contributed by atoms with Crippen molar-refractivity contribution in [3.63, 3.8) is 0 Å². The molecule has 152 valence electrons. The van der Waals surface area contributed by atoms with Crippen molar-refractivity contribution in [2.45, 2.75) is 71.1 Å². The average Bonchev–Trinajstić information content (AvgIpc) is 3.12. The van der Waals surface area contributed by atoms with Gasteiger partial charge in [0.25, 0.3) is 0 Å². The Labute approximate surface area is 168 Å². The fraction of sp³-hybridized carbons (Fsp3) is 0.682. The van der Waals surface area contributed by atoms with E-state index in [1.807, 2.05) is 35.2 Å².